The third-order valence-corrected chi connectivity index (χ3v) is 7.86. The van der Waals surface area contributed by atoms with Crippen molar-refractivity contribution in [3.8, 4) is 11.3 Å². The lowest BCUT2D eigenvalue weighted by atomic mass is 9.89. The first-order valence-corrected chi connectivity index (χ1v) is 14.5. The van der Waals surface area contributed by atoms with E-state index < -0.39 is 16.0 Å². The Morgan fingerprint density at radius 2 is 1.87 bits per heavy atom. The Kier molecular flexibility index (Phi) is 9.21. The average Bonchev–Trinajstić information content (AvgIpc) is 2.91. The van der Waals surface area contributed by atoms with Crippen LogP contribution in [0.1, 0.15) is 31.2 Å². The van der Waals surface area contributed by atoms with Gasteiger partial charge in [0.1, 0.15) is 5.52 Å². The fraction of sp³-hybridized carbons (Fsp3) is 0.462. The highest BCUT2D eigenvalue weighted by atomic mass is 32.2. The number of hydrogen-bond donors (Lipinski definition) is 3. The van der Waals surface area contributed by atoms with E-state index in [1.54, 1.807) is 16.7 Å². The first-order valence-electron chi connectivity index (χ1n) is 12.6. The van der Waals surface area contributed by atoms with Gasteiger partial charge in [0.05, 0.1) is 30.2 Å². The summed E-state index contributed by atoms with van der Waals surface area (Å²) in [6.45, 7) is 5.27. The molecule has 0 aliphatic carbocycles. The van der Waals surface area contributed by atoms with Crippen LogP contribution in [0.2, 0.25) is 0 Å². The molecule has 12 heteroatoms. The third-order valence-electron chi connectivity index (χ3n) is 6.56. The van der Waals surface area contributed by atoms with Gasteiger partial charge in [0.15, 0.2) is 5.82 Å². The molecule has 5 rings (SSSR count). The highest BCUT2D eigenvalue weighted by Crippen LogP contribution is 2.31. The fourth-order valence-corrected chi connectivity index (χ4v) is 5.53. The molecule has 1 aromatic carbocycles. The maximum absolute atomic E-state index is 11.8. The van der Waals surface area contributed by atoms with E-state index in [9.17, 15) is 8.42 Å². The summed E-state index contributed by atoms with van der Waals surface area (Å²) < 4.78 is 30.9. The number of hydrogen-bond acceptors (Lipinski definition) is 9. The van der Waals surface area contributed by atoms with Crippen molar-refractivity contribution in [2.45, 2.75) is 31.8 Å². The molecule has 2 saturated heterocycles. The molecule has 3 N–H and O–H groups in total. The lowest BCUT2D eigenvalue weighted by Gasteiger charge is -2.30. The molecule has 2 aromatic heterocycles. The van der Waals surface area contributed by atoms with Gasteiger partial charge < -0.3 is 20.5 Å². The molecule has 0 saturated carbocycles. The van der Waals surface area contributed by atoms with Crippen molar-refractivity contribution >= 4 is 32.8 Å². The van der Waals surface area contributed by atoms with E-state index >= 15 is 0 Å². The minimum Gasteiger partial charge on any atom is -0.481 e. The van der Waals surface area contributed by atoms with Gasteiger partial charge in [-0.1, -0.05) is 24.3 Å². The van der Waals surface area contributed by atoms with Gasteiger partial charge in [-0.3, -0.25) is 9.78 Å². The Morgan fingerprint density at radius 3 is 2.50 bits per heavy atom. The van der Waals surface area contributed by atoms with Crippen molar-refractivity contribution < 1.29 is 23.1 Å². The van der Waals surface area contributed by atoms with Crippen LogP contribution < -0.4 is 10.6 Å². The molecule has 0 amide bonds. The van der Waals surface area contributed by atoms with Gasteiger partial charge >= 0.3 is 0 Å². The number of nitrogens with zero attached hydrogens (tertiary/aromatic N) is 4. The molecule has 0 radical (unpaired) electrons. The number of ether oxygens (including phenoxy) is 1. The third kappa shape index (κ3) is 7.44. The van der Waals surface area contributed by atoms with Gasteiger partial charge in [0, 0.05) is 57.6 Å². The number of aliphatic carboxylic acids is 1. The maximum Gasteiger partial charge on any atom is 0.300 e. The van der Waals surface area contributed by atoms with Crippen LogP contribution >= 0.6 is 0 Å². The van der Waals surface area contributed by atoms with Gasteiger partial charge in [-0.25, -0.2) is 22.7 Å². The number of sulfonamides is 1. The highest BCUT2D eigenvalue weighted by molar-refractivity contribution is 7.88. The number of fused-ring (bicyclic) bond motifs is 1. The Bertz CT molecular complexity index is 1330. The van der Waals surface area contributed by atoms with E-state index in [0.29, 0.717) is 38.0 Å². The molecule has 3 aromatic rings. The normalized spacial score (nSPS) is 18.9. The Hall–Kier alpha value is -3.19. The number of carboxylic acids is 1. The minimum absolute atomic E-state index is 0.0827. The summed E-state index contributed by atoms with van der Waals surface area (Å²) >= 11 is 0. The van der Waals surface area contributed by atoms with Crippen molar-refractivity contribution in [2.75, 3.05) is 50.9 Å². The van der Waals surface area contributed by atoms with Crippen molar-refractivity contribution in [2.24, 2.45) is 0 Å². The number of morpholine rings is 1. The Balaban J connectivity index is 0.000000786. The first kappa shape index (κ1) is 27.8. The maximum atomic E-state index is 11.8. The first-order chi connectivity index (χ1) is 18.2. The second-order valence-corrected chi connectivity index (χ2v) is 11.4. The van der Waals surface area contributed by atoms with E-state index in [1.165, 1.54) is 11.8 Å². The number of aromatic nitrogens is 3. The zero-order chi connectivity index (χ0) is 27.1. The molecule has 2 aliphatic heterocycles. The average molecular weight is 543 g/mol. The van der Waals surface area contributed by atoms with Crippen LogP contribution in [0.4, 0.5) is 5.82 Å². The van der Waals surface area contributed by atoms with Crippen LogP contribution in [0.5, 0.6) is 0 Å². The molecule has 38 heavy (non-hydrogen) atoms. The summed E-state index contributed by atoms with van der Waals surface area (Å²) in [6, 6.07) is 10.4. The molecule has 1 atom stereocenters. The minimum atomic E-state index is -3.11. The molecule has 2 aliphatic rings. The summed E-state index contributed by atoms with van der Waals surface area (Å²) in [6.07, 6.45) is 6.41. The number of pyridine rings is 1. The second kappa shape index (κ2) is 12.6. The Morgan fingerprint density at radius 1 is 1.18 bits per heavy atom. The predicted octanol–water partition coefficient (Wildman–Crippen LogP) is 2.32. The quantitative estimate of drug-likeness (QED) is 0.424. The number of anilines is 1. The summed E-state index contributed by atoms with van der Waals surface area (Å²) in [5.74, 6) is 0.232. The van der Waals surface area contributed by atoms with Crippen LogP contribution in [-0.2, 0) is 19.6 Å². The molecule has 4 heterocycles. The smallest absolute Gasteiger partial charge is 0.300 e. The summed E-state index contributed by atoms with van der Waals surface area (Å²) in [5, 5.41) is 14.2. The predicted molar refractivity (Wildman–Crippen MR) is 146 cm³/mol. The topological polar surface area (TPSA) is 147 Å². The van der Waals surface area contributed by atoms with Crippen molar-refractivity contribution in [1.82, 2.24) is 24.6 Å². The molecule has 11 nitrogen and oxygen atoms in total. The van der Waals surface area contributed by atoms with Crippen LogP contribution in [0, 0.1) is 0 Å². The van der Waals surface area contributed by atoms with E-state index in [2.05, 4.69) is 44.9 Å². The van der Waals surface area contributed by atoms with Gasteiger partial charge in [0.2, 0.25) is 10.0 Å². The molecule has 0 bridgehead atoms. The molecule has 204 valence electrons. The molecular weight excluding hydrogens is 508 g/mol. The van der Waals surface area contributed by atoms with E-state index in [-0.39, 0.29) is 6.10 Å². The number of nitrogens with one attached hydrogen (secondary N) is 2. The summed E-state index contributed by atoms with van der Waals surface area (Å²) in [5.41, 5.74) is 4.59. The molecule has 1 unspecified atom stereocenters. The zero-order valence-electron chi connectivity index (χ0n) is 21.6. The molecular formula is C26H34N6O5S. The standard InChI is InChI=1S/C24H30N6O3S.C2H4O2/c1-34(31,32)30-11-6-18(7-12-30)17-2-4-19(5-3-17)21-14-22-23(27-9-8-26-22)24(29-21)28-16-20-15-25-10-13-33-20;1-2(3)4/h2-5,8-9,14,18,20,25H,6-7,10-13,15-16H2,1H3,(H,28,29);1H3,(H,3,4). The van der Waals surface area contributed by atoms with E-state index in [4.69, 9.17) is 19.6 Å². The molecule has 2 fully saturated rings. The SMILES string of the molecule is CC(=O)O.CS(=O)(=O)N1CCC(c2ccc(-c3cc4nccnc4c(NCC4CNCCO4)n3)cc2)CC1. The largest absolute Gasteiger partial charge is 0.481 e. The van der Waals surface area contributed by atoms with E-state index in [1.807, 2.05) is 6.07 Å². The van der Waals surface area contributed by atoms with Crippen LogP contribution in [-0.4, -0.2) is 90.4 Å². The summed E-state index contributed by atoms with van der Waals surface area (Å²) in [7, 11) is -3.11. The number of carbonyl (C=O) groups is 1. The Labute approximate surface area is 222 Å². The van der Waals surface area contributed by atoms with Gasteiger partial charge in [0.25, 0.3) is 5.97 Å². The lowest BCUT2D eigenvalue weighted by molar-refractivity contribution is -0.134. The number of carboxylic acid groups (broad SMARTS) is 1. The van der Waals surface area contributed by atoms with Gasteiger partial charge in [-0.15, -0.1) is 0 Å². The van der Waals surface area contributed by atoms with Crippen LogP contribution in [0.25, 0.3) is 22.3 Å². The highest BCUT2D eigenvalue weighted by Gasteiger charge is 2.25. The second-order valence-electron chi connectivity index (χ2n) is 9.44. The lowest BCUT2D eigenvalue weighted by Crippen LogP contribution is -2.42. The van der Waals surface area contributed by atoms with E-state index in [0.717, 1.165) is 55.1 Å². The van der Waals surface area contributed by atoms with Gasteiger partial charge in [-0.2, -0.15) is 0 Å². The molecule has 0 spiro atoms. The van der Waals surface area contributed by atoms with Crippen LogP contribution in [0.3, 0.4) is 0 Å². The van der Waals surface area contributed by atoms with Crippen molar-refractivity contribution in [3.63, 3.8) is 0 Å². The summed E-state index contributed by atoms with van der Waals surface area (Å²) in [4.78, 5) is 22.9. The van der Waals surface area contributed by atoms with Gasteiger partial charge in [-0.05, 0) is 30.4 Å². The fourth-order valence-electron chi connectivity index (χ4n) is 4.65. The number of piperidine rings is 1. The van der Waals surface area contributed by atoms with Crippen molar-refractivity contribution in [1.29, 1.82) is 0 Å². The van der Waals surface area contributed by atoms with Crippen LogP contribution in [0.15, 0.2) is 42.7 Å². The number of rotatable bonds is 6. The number of benzene rings is 1. The monoisotopic (exact) mass is 542 g/mol. The zero-order valence-corrected chi connectivity index (χ0v) is 22.4. The van der Waals surface area contributed by atoms with Crippen molar-refractivity contribution in [3.05, 3.63) is 48.3 Å².